The number of nitrogens with one attached hydrogen (secondary N) is 2. The second kappa shape index (κ2) is 9.05. The number of hydrogen-bond donors (Lipinski definition) is 2. The van der Waals surface area contributed by atoms with Gasteiger partial charge >= 0.3 is 0 Å². The van der Waals surface area contributed by atoms with Gasteiger partial charge in [0.05, 0.1) is 16.9 Å². The molecule has 0 radical (unpaired) electrons. The van der Waals surface area contributed by atoms with E-state index in [1.165, 1.54) is 12.5 Å². The van der Waals surface area contributed by atoms with E-state index in [0.717, 1.165) is 10.6 Å². The number of carbonyl (C=O) groups is 2. The lowest BCUT2D eigenvalue weighted by molar-refractivity contribution is -0.114. The van der Waals surface area contributed by atoms with Gasteiger partial charge in [0.2, 0.25) is 5.91 Å². The van der Waals surface area contributed by atoms with E-state index >= 15 is 0 Å². The largest absolute Gasteiger partial charge is 0.325 e. The third-order valence-corrected chi connectivity index (χ3v) is 5.00. The molecule has 0 fully saturated rings. The highest BCUT2D eigenvalue weighted by molar-refractivity contribution is 7.98. The minimum atomic E-state index is -0.205. The van der Waals surface area contributed by atoms with Gasteiger partial charge < -0.3 is 10.6 Å². The van der Waals surface area contributed by atoms with Crippen LogP contribution in [-0.4, -0.2) is 11.8 Å². The van der Waals surface area contributed by atoms with Gasteiger partial charge in [-0.25, -0.2) is 0 Å². The van der Waals surface area contributed by atoms with Gasteiger partial charge in [-0.1, -0.05) is 54.6 Å². The van der Waals surface area contributed by atoms with Gasteiger partial charge in [-0.15, -0.1) is 11.8 Å². The third-order valence-electron chi connectivity index (χ3n) is 3.85. The van der Waals surface area contributed by atoms with Crippen molar-refractivity contribution in [3.8, 4) is 0 Å². The zero-order chi connectivity index (χ0) is 19.1. The third kappa shape index (κ3) is 5.21. The highest BCUT2D eigenvalue weighted by Crippen LogP contribution is 2.28. The lowest BCUT2D eigenvalue weighted by atomic mass is 10.2. The minimum absolute atomic E-state index is 0.185. The monoisotopic (exact) mass is 376 g/mol. The molecular weight excluding hydrogens is 356 g/mol. The van der Waals surface area contributed by atoms with Crippen LogP contribution < -0.4 is 10.6 Å². The molecular formula is C22H20N2O2S. The molecule has 0 aliphatic heterocycles. The molecule has 0 unspecified atom stereocenters. The first-order valence-corrected chi connectivity index (χ1v) is 9.56. The minimum Gasteiger partial charge on any atom is -0.325 e. The molecule has 5 heteroatoms. The van der Waals surface area contributed by atoms with Crippen LogP contribution in [0.5, 0.6) is 0 Å². The Bertz CT molecular complexity index is 942. The average Bonchev–Trinajstić information content (AvgIpc) is 2.68. The van der Waals surface area contributed by atoms with E-state index in [2.05, 4.69) is 22.8 Å². The highest BCUT2D eigenvalue weighted by atomic mass is 32.2. The Morgan fingerprint density at radius 1 is 0.778 bits per heavy atom. The van der Waals surface area contributed by atoms with Gasteiger partial charge in [-0.2, -0.15) is 0 Å². The molecule has 2 N–H and O–H groups in total. The fraction of sp³-hybridized carbons (Fsp3) is 0.0909. The van der Waals surface area contributed by atoms with Crippen LogP contribution in [-0.2, 0) is 10.5 Å². The summed E-state index contributed by atoms with van der Waals surface area (Å²) >= 11 is 1.62. The SMILES string of the molecule is CC(=O)Nc1ccccc1NC(=O)c1ccccc1SCc1ccccc1. The molecule has 0 saturated carbocycles. The van der Waals surface area contributed by atoms with E-state index < -0.39 is 0 Å². The summed E-state index contributed by atoms with van der Waals surface area (Å²) in [5, 5.41) is 5.64. The second-order valence-electron chi connectivity index (χ2n) is 5.95. The molecule has 0 aromatic heterocycles. The Morgan fingerprint density at radius 3 is 2.07 bits per heavy atom. The summed E-state index contributed by atoms with van der Waals surface area (Å²) in [5.74, 6) is 0.396. The molecule has 0 bridgehead atoms. The topological polar surface area (TPSA) is 58.2 Å². The number of hydrogen-bond acceptors (Lipinski definition) is 3. The Morgan fingerprint density at radius 2 is 1.37 bits per heavy atom. The maximum Gasteiger partial charge on any atom is 0.256 e. The molecule has 2 amide bonds. The Labute approximate surface area is 163 Å². The number of benzene rings is 3. The van der Waals surface area contributed by atoms with Crippen molar-refractivity contribution in [1.82, 2.24) is 0 Å². The van der Waals surface area contributed by atoms with Crippen molar-refractivity contribution in [1.29, 1.82) is 0 Å². The van der Waals surface area contributed by atoms with Crippen LogP contribution in [0.25, 0.3) is 0 Å². The fourth-order valence-corrected chi connectivity index (χ4v) is 3.60. The number of rotatable bonds is 6. The van der Waals surface area contributed by atoms with Gasteiger partial charge in [0, 0.05) is 17.6 Å². The van der Waals surface area contributed by atoms with E-state index in [1.807, 2.05) is 54.6 Å². The molecule has 0 aliphatic rings. The number of amides is 2. The number of thioether (sulfide) groups is 1. The Kier molecular flexibility index (Phi) is 6.28. The molecule has 4 nitrogen and oxygen atoms in total. The molecule has 0 heterocycles. The van der Waals surface area contributed by atoms with Crippen LogP contribution in [0.3, 0.4) is 0 Å². The predicted molar refractivity (Wildman–Crippen MR) is 111 cm³/mol. The van der Waals surface area contributed by atoms with Crippen molar-refractivity contribution < 1.29 is 9.59 Å². The van der Waals surface area contributed by atoms with Gasteiger partial charge in [-0.3, -0.25) is 9.59 Å². The molecule has 136 valence electrons. The number of carbonyl (C=O) groups excluding carboxylic acids is 2. The molecule has 0 saturated heterocycles. The summed E-state index contributed by atoms with van der Waals surface area (Å²) in [6.45, 7) is 1.44. The van der Waals surface area contributed by atoms with E-state index in [1.54, 1.807) is 23.9 Å². The number of anilines is 2. The van der Waals surface area contributed by atoms with Crippen molar-refractivity contribution >= 4 is 35.0 Å². The normalized spacial score (nSPS) is 10.3. The average molecular weight is 376 g/mol. The van der Waals surface area contributed by atoms with Crippen LogP contribution >= 0.6 is 11.8 Å². The lowest BCUT2D eigenvalue weighted by Crippen LogP contribution is -2.15. The van der Waals surface area contributed by atoms with Crippen LogP contribution in [0.4, 0.5) is 11.4 Å². The second-order valence-corrected chi connectivity index (χ2v) is 6.97. The van der Waals surface area contributed by atoms with E-state index in [-0.39, 0.29) is 11.8 Å². The van der Waals surface area contributed by atoms with Crippen molar-refractivity contribution in [2.75, 3.05) is 10.6 Å². The summed E-state index contributed by atoms with van der Waals surface area (Å²) in [4.78, 5) is 25.1. The van der Waals surface area contributed by atoms with E-state index in [9.17, 15) is 9.59 Å². The standard InChI is InChI=1S/C22H20N2O2S/c1-16(25)23-19-12-6-7-13-20(19)24-22(26)18-11-5-8-14-21(18)27-15-17-9-3-2-4-10-17/h2-14H,15H2,1H3,(H,23,25)(H,24,26). The van der Waals surface area contributed by atoms with Crippen LogP contribution in [0.15, 0.2) is 83.8 Å². The molecule has 3 aromatic rings. The van der Waals surface area contributed by atoms with Crippen molar-refractivity contribution in [2.24, 2.45) is 0 Å². The molecule has 0 atom stereocenters. The first kappa shape index (κ1) is 18.7. The zero-order valence-electron chi connectivity index (χ0n) is 14.9. The molecule has 3 aromatic carbocycles. The zero-order valence-corrected chi connectivity index (χ0v) is 15.8. The fourth-order valence-electron chi connectivity index (χ4n) is 2.60. The van der Waals surface area contributed by atoms with E-state index in [0.29, 0.717) is 16.9 Å². The summed E-state index contributed by atoms with van der Waals surface area (Å²) in [5.41, 5.74) is 2.96. The highest BCUT2D eigenvalue weighted by Gasteiger charge is 2.13. The first-order chi connectivity index (χ1) is 13.1. The summed E-state index contributed by atoms with van der Waals surface area (Å²) in [7, 11) is 0. The number of para-hydroxylation sites is 2. The van der Waals surface area contributed by atoms with Crippen LogP contribution in [0, 0.1) is 0 Å². The lowest BCUT2D eigenvalue weighted by Gasteiger charge is -2.13. The van der Waals surface area contributed by atoms with Gasteiger partial charge in [-0.05, 0) is 29.8 Å². The maximum absolute atomic E-state index is 12.8. The van der Waals surface area contributed by atoms with Gasteiger partial charge in [0.15, 0.2) is 0 Å². The van der Waals surface area contributed by atoms with E-state index in [4.69, 9.17) is 0 Å². The summed E-state index contributed by atoms with van der Waals surface area (Å²) in [6.07, 6.45) is 0. The molecule has 27 heavy (non-hydrogen) atoms. The molecule has 0 aliphatic carbocycles. The quantitative estimate of drug-likeness (QED) is 0.582. The molecule has 3 rings (SSSR count). The van der Waals surface area contributed by atoms with Crippen LogP contribution in [0.1, 0.15) is 22.8 Å². The Hall–Kier alpha value is -3.05. The van der Waals surface area contributed by atoms with Crippen molar-refractivity contribution in [2.45, 2.75) is 17.6 Å². The van der Waals surface area contributed by atoms with Crippen molar-refractivity contribution in [3.05, 3.63) is 90.0 Å². The van der Waals surface area contributed by atoms with Gasteiger partial charge in [0.1, 0.15) is 0 Å². The Balaban J connectivity index is 1.77. The van der Waals surface area contributed by atoms with Crippen molar-refractivity contribution in [3.63, 3.8) is 0 Å². The molecule has 0 spiro atoms. The summed E-state index contributed by atoms with van der Waals surface area (Å²) in [6, 6.07) is 24.8. The van der Waals surface area contributed by atoms with Crippen LogP contribution in [0.2, 0.25) is 0 Å². The maximum atomic E-state index is 12.8. The predicted octanol–water partition coefficient (Wildman–Crippen LogP) is 5.19. The summed E-state index contributed by atoms with van der Waals surface area (Å²) < 4.78 is 0. The smallest absolute Gasteiger partial charge is 0.256 e. The van der Waals surface area contributed by atoms with Gasteiger partial charge in [0.25, 0.3) is 5.91 Å². The first-order valence-electron chi connectivity index (χ1n) is 8.57.